The Labute approximate surface area is 135 Å². The van der Waals surface area contributed by atoms with Gasteiger partial charge in [-0.05, 0) is 26.1 Å². The van der Waals surface area contributed by atoms with Gasteiger partial charge in [0, 0.05) is 38.4 Å². The molecule has 0 amide bonds. The molecule has 0 aromatic carbocycles. The predicted octanol–water partition coefficient (Wildman–Crippen LogP) is 0.142. The quantitative estimate of drug-likeness (QED) is 0.777. The van der Waals surface area contributed by atoms with Crippen LogP contribution in [0.15, 0.2) is 23.0 Å². The van der Waals surface area contributed by atoms with Crippen LogP contribution in [-0.2, 0) is 13.1 Å². The van der Waals surface area contributed by atoms with Crippen LogP contribution in [0.5, 0.6) is 0 Å². The van der Waals surface area contributed by atoms with Gasteiger partial charge in [0.2, 0.25) is 5.89 Å². The molecular weight excluding hydrogens is 296 g/mol. The molecule has 0 spiro atoms. The number of rotatable bonds is 7. The number of nitrogens with zero attached hydrogens (tertiary/aromatic N) is 6. The van der Waals surface area contributed by atoms with Crippen LogP contribution in [0.2, 0.25) is 0 Å². The van der Waals surface area contributed by atoms with E-state index in [9.17, 15) is 5.11 Å². The van der Waals surface area contributed by atoms with E-state index in [-0.39, 0.29) is 0 Å². The topological polar surface area (TPSA) is 83.5 Å². The van der Waals surface area contributed by atoms with E-state index < -0.39 is 6.10 Å². The minimum absolute atomic E-state index is 0.404. The summed E-state index contributed by atoms with van der Waals surface area (Å²) in [5.41, 5.74) is 0. The lowest BCUT2D eigenvalue weighted by Gasteiger charge is -2.24. The Balaban J connectivity index is 1.44. The van der Waals surface area contributed by atoms with Gasteiger partial charge in [-0.2, -0.15) is 10.1 Å². The van der Waals surface area contributed by atoms with Crippen molar-refractivity contribution in [1.82, 2.24) is 29.7 Å². The molecule has 8 heteroatoms. The summed E-state index contributed by atoms with van der Waals surface area (Å²) in [5, 5.41) is 18.3. The number of aliphatic hydroxyl groups excluding tert-OH is 1. The van der Waals surface area contributed by atoms with Crippen molar-refractivity contribution in [3.8, 4) is 0 Å². The standard InChI is InChI=1S/C15H24N6O2/c1-12-17-15(18-23-12)11-19(2)13-4-7-20(8-13)9-14(22)10-21-6-3-5-16-21/h3,5-6,13-14,22H,4,7-11H2,1-2H3/t13-,14-/m1/s1. The Kier molecular flexibility index (Phi) is 5.04. The first-order valence-corrected chi connectivity index (χ1v) is 7.97. The zero-order valence-electron chi connectivity index (χ0n) is 13.7. The molecule has 126 valence electrons. The number of aromatic nitrogens is 4. The molecule has 1 aliphatic rings. The van der Waals surface area contributed by atoms with Crippen molar-refractivity contribution < 1.29 is 9.63 Å². The Morgan fingerprint density at radius 2 is 2.35 bits per heavy atom. The van der Waals surface area contributed by atoms with Crippen LogP contribution in [0, 0.1) is 6.92 Å². The number of likely N-dealkylation sites (N-methyl/N-ethyl adjacent to an activating group) is 1. The van der Waals surface area contributed by atoms with Gasteiger partial charge < -0.3 is 9.63 Å². The van der Waals surface area contributed by atoms with Crippen LogP contribution >= 0.6 is 0 Å². The second-order valence-electron chi connectivity index (χ2n) is 6.23. The van der Waals surface area contributed by atoms with Gasteiger partial charge in [-0.3, -0.25) is 14.5 Å². The van der Waals surface area contributed by atoms with Crippen LogP contribution in [0.3, 0.4) is 0 Å². The fraction of sp³-hybridized carbons (Fsp3) is 0.667. The lowest BCUT2D eigenvalue weighted by molar-refractivity contribution is 0.101. The number of aliphatic hydroxyl groups is 1. The van der Waals surface area contributed by atoms with Crippen LogP contribution in [-0.4, -0.2) is 73.7 Å². The molecule has 1 fully saturated rings. The number of aryl methyl sites for hydroxylation is 1. The van der Waals surface area contributed by atoms with Crippen molar-refractivity contribution in [2.75, 3.05) is 26.7 Å². The van der Waals surface area contributed by atoms with E-state index in [0.29, 0.717) is 31.6 Å². The lowest BCUT2D eigenvalue weighted by atomic mass is 10.2. The van der Waals surface area contributed by atoms with E-state index >= 15 is 0 Å². The van der Waals surface area contributed by atoms with Crippen molar-refractivity contribution in [1.29, 1.82) is 0 Å². The lowest BCUT2D eigenvalue weighted by Crippen LogP contribution is -2.37. The fourth-order valence-corrected chi connectivity index (χ4v) is 3.08. The Hall–Kier alpha value is -1.77. The van der Waals surface area contributed by atoms with Crippen molar-refractivity contribution in [3.05, 3.63) is 30.2 Å². The molecule has 3 rings (SSSR count). The maximum absolute atomic E-state index is 10.2. The highest BCUT2D eigenvalue weighted by molar-refractivity contribution is 4.88. The van der Waals surface area contributed by atoms with Crippen molar-refractivity contribution in [2.45, 2.75) is 38.6 Å². The van der Waals surface area contributed by atoms with Crippen molar-refractivity contribution in [3.63, 3.8) is 0 Å². The summed E-state index contributed by atoms with van der Waals surface area (Å²) in [6, 6.07) is 2.32. The normalized spacial score (nSPS) is 20.4. The molecule has 23 heavy (non-hydrogen) atoms. The minimum Gasteiger partial charge on any atom is -0.390 e. The maximum Gasteiger partial charge on any atom is 0.223 e. The third-order valence-corrected chi connectivity index (χ3v) is 4.26. The molecule has 0 bridgehead atoms. The van der Waals surface area contributed by atoms with E-state index in [1.54, 1.807) is 17.8 Å². The molecule has 3 heterocycles. The first-order valence-electron chi connectivity index (χ1n) is 7.97. The Morgan fingerprint density at radius 1 is 1.48 bits per heavy atom. The van der Waals surface area contributed by atoms with Gasteiger partial charge in [0.05, 0.1) is 19.2 Å². The van der Waals surface area contributed by atoms with E-state index in [1.165, 1.54) is 0 Å². The highest BCUT2D eigenvalue weighted by Crippen LogP contribution is 2.16. The van der Waals surface area contributed by atoms with Gasteiger partial charge in [-0.25, -0.2) is 0 Å². The molecule has 1 saturated heterocycles. The van der Waals surface area contributed by atoms with E-state index in [0.717, 1.165) is 25.3 Å². The van der Waals surface area contributed by atoms with Crippen LogP contribution in [0.1, 0.15) is 18.1 Å². The monoisotopic (exact) mass is 320 g/mol. The summed E-state index contributed by atoms with van der Waals surface area (Å²) >= 11 is 0. The zero-order valence-corrected chi connectivity index (χ0v) is 13.7. The number of likely N-dealkylation sites (tertiary alicyclic amines) is 1. The van der Waals surface area contributed by atoms with Crippen molar-refractivity contribution in [2.24, 2.45) is 0 Å². The van der Waals surface area contributed by atoms with Crippen molar-refractivity contribution >= 4 is 0 Å². The molecule has 2 aromatic heterocycles. The summed E-state index contributed by atoms with van der Waals surface area (Å²) in [6.07, 6.45) is 4.28. The molecule has 2 atom stereocenters. The Morgan fingerprint density at radius 3 is 3.04 bits per heavy atom. The first-order chi connectivity index (χ1) is 11.1. The van der Waals surface area contributed by atoms with Gasteiger partial charge in [-0.1, -0.05) is 5.16 Å². The zero-order chi connectivity index (χ0) is 16.2. The second kappa shape index (κ2) is 7.20. The predicted molar refractivity (Wildman–Crippen MR) is 83.6 cm³/mol. The molecule has 0 unspecified atom stereocenters. The minimum atomic E-state index is -0.404. The highest BCUT2D eigenvalue weighted by Gasteiger charge is 2.27. The summed E-state index contributed by atoms with van der Waals surface area (Å²) in [7, 11) is 2.08. The number of β-amino-alcohol motifs (C(OH)–C–C–N with tert-alkyl or cyclic N) is 1. The van der Waals surface area contributed by atoms with Gasteiger partial charge >= 0.3 is 0 Å². The molecular formula is C15H24N6O2. The van der Waals surface area contributed by atoms with Crippen LogP contribution in [0.25, 0.3) is 0 Å². The Bertz CT molecular complexity index is 599. The fourth-order valence-electron chi connectivity index (χ4n) is 3.08. The van der Waals surface area contributed by atoms with Crippen LogP contribution < -0.4 is 0 Å². The van der Waals surface area contributed by atoms with Gasteiger partial charge in [0.15, 0.2) is 5.82 Å². The average Bonchev–Trinajstić information content (AvgIpc) is 3.22. The molecule has 2 aromatic rings. The highest BCUT2D eigenvalue weighted by atomic mass is 16.5. The first kappa shape index (κ1) is 16.1. The molecule has 0 saturated carbocycles. The number of hydrogen-bond donors (Lipinski definition) is 1. The SMILES string of the molecule is Cc1nc(CN(C)[C@@H]2CCN(C[C@@H](O)Cn3cccn3)C2)no1. The molecule has 1 N–H and O–H groups in total. The molecule has 8 nitrogen and oxygen atoms in total. The van der Waals surface area contributed by atoms with E-state index in [2.05, 4.69) is 32.1 Å². The van der Waals surface area contributed by atoms with Gasteiger partial charge in [0.1, 0.15) is 0 Å². The van der Waals surface area contributed by atoms with Gasteiger partial charge in [-0.15, -0.1) is 0 Å². The van der Waals surface area contributed by atoms with E-state index in [4.69, 9.17) is 4.52 Å². The summed E-state index contributed by atoms with van der Waals surface area (Å²) in [4.78, 5) is 8.80. The summed E-state index contributed by atoms with van der Waals surface area (Å²) < 4.78 is 6.78. The second-order valence-corrected chi connectivity index (χ2v) is 6.23. The van der Waals surface area contributed by atoms with Gasteiger partial charge in [0.25, 0.3) is 0 Å². The summed E-state index contributed by atoms with van der Waals surface area (Å²) in [6.45, 7) is 5.64. The molecule has 1 aliphatic heterocycles. The molecule has 0 aliphatic carbocycles. The maximum atomic E-state index is 10.2. The van der Waals surface area contributed by atoms with Crippen LogP contribution in [0.4, 0.5) is 0 Å². The smallest absolute Gasteiger partial charge is 0.223 e. The molecule has 0 radical (unpaired) electrons. The third-order valence-electron chi connectivity index (χ3n) is 4.26. The summed E-state index contributed by atoms with van der Waals surface area (Å²) in [5.74, 6) is 1.32. The van der Waals surface area contributed by atoms with E-state index in [1.807, 2.05) is 12.3 Å². The average molecular weight is 320 g/mol. The third kappa shape index (κ3) is 4.37. The largest absolute Gasteiger partial charge is 0.390 e. The number of hydrogen-bond acceptors (Lipinski definition) is 7.